The van der Waals surface area contributed by atoms with Gasteiger partial charge in [0.25, 0.3) is 0 Å². The van der Waals surface area contributed by atoms with Crippen molar-refractivity contribution < 1.29 is 9.53 Å². The van der Waals surface area contributed by atoms with Crippen molar-refractivity contribution in [1.82, 2.24) is 10.6 Å². The Kier molecular flexibility index (Phi) is 5.22. The molecule has 0 saturated carbocycles. The fraction of sp³-hybridized carbons (Fsp3) is 0.917. The van der Waals surface area contributed by atoms with Gasteiger partial charge in [-0.1, -0.05) is 0 Å². The molecule has 1 atom stereocenters. The van der Waals surface area contributed by atoms with Gasteiger partial charge in [0.05, 0.1) is 13.2 Å². The van der Waals surface area contributed by atoms with E-state index in [2.05, 4.69) is 10.6 Å². The van der Waals surface area contributed by atoms with Gasteiger partial charge in [-0.05, 0) is 39.5 Å². The van der Waals surface area contributed by atoms with Crippen LogP contribution in [0.2, 0.25) is 0 Å². The minimum Gasteiger partial charge on any atom is -0.381 e. The van der Waals surface area contributed by atoms with E-state index in [-0.39, 0.29) is 11.4 Å². The average molecular weight is 228 g/mol. The second-order valence-corrected chi connectivity index (χ2v) is 5.51. The lowest BCUT2D eigenvalue weighted by Gasteiger charge is -2.23. The molecule has 1 saturated heterocycles. The lowest BCUT2D eigenvalue weighted by Crippen LogP contribution is -2.45. The Labute approximate surface area is 98.1 Å². The first kappa shape index (κ1) is 13.5. The smallest absolute Gasteiger partial charge is 0.234 e. The Balaban J connectivity index is 2.08. The monoisotopic (exact) mass is 228 g/mol. The number of ether oxygens (including phenoxy) is 1. The molecule has 16 heavy (non-hydrogen) atoms. The van der Waals surface area contributed by atoms with E-state index in [1.165, 1.54) is 6.42 Å². The quantitative estimate of drug-likeness (QED) is 0.752. The molecule has 0 aromatic rings. The Morgan fingerprint density at radius 2 is 2.19 bits per heavy atom. The summed E-state index contributed by atoms with van der Waals surface area (Å²) < 4.78 is 5.38. The lowest BCUT2D eigenvalue weighted by molar-refractivity contribution is -0.121. The van der Waals surface area contributed by atoms with Crippen molar-refractivity contribution in [2.75, 3.05) is 26.3 Å². The fourth-order valence-electron chi connectivity index (χ4n) is 1.82. The number of rotatable bonds is 4. The minimum atomic E-state index is -0.146. The van der Waals surface area contributed by atoms with E-state index in [4.69, 9.17) is 4.74 Å². The van der Waals surface area contributed by atoms with Crippen LogP contribution >= 0.6 is 0 Å². The highest BCUT2D eigenvalue weighted by atomic mass is 16.5. The molecular formula is C12H24N2O2. The predicted octanol–water partition coefficient (Wildman–Crippen LogP) is 0.917. The summed E-state index contributed by atoms with van der Waals surface area (Å²) in [6.07, 6.45) is 2.34. The molecule has 0 spiro atoms. The largest absolute Gasteiger partial charge is 0.381 e. The molecular weight excluding hydrogens is 204 g/mol. The fourth-order valence-corrected chi connectivity index (χ4v) is 1.82. The maximum absolute atomic E-state index is 11.5. The van der Waals surface area contributed by atoms with E-state index < -0.39 is 0 Å². The first-order valence-corrected chi connectivity index (χ1v) is 6.07. The van der Waals surface area contributed by atoms with Crippen LogP contribution in [0.15, 0.2) is 0 Å². The third-order valence-electron chi connectivity index (χ3n) is 2.49. The van der Waals surface area contributed by atoms with Crippen molar-refractivity contribution in [1.29, 1.82) is 0 Å². The summed E-state index contributed by atoms with van der Waals surface area (Å²) in [6.45, 7) is 8.94. The van der Waals surface area contributed by atoms with E-state index in [0.29, 0.717) is 12.5 Å². The number of carbonyl (C=O) groups excluding carboxylic acids is 1. The molecule has 0 bridgehead atoms. The zero-order valence-electron chi connectivity index (χ0n) is 10.6. The zero-order chi connectivity index (χ0) is 12.0. The highest BCUT2D eigenvalue weighted by molar-refractivity contribution is 5.78. The van der Waals surface area contributed by atoms with Gasteiger partial charge in [-0.2, -0.15) is 0 Å². The van der Waals surface area contributed by atoms with Gasteiger partial charge in [-0.3, -0.25) is 4.79 Å². The average Bonchev–Trinajstić information content (AvgIpc) is 2.16. The van der Waals surface area contributed by atoms with Gasteiger partial charge in [0.1, 0.15) is 0 Å². The Morgan fingerprint density at radius 3 is 2.75 bits per heavy atom. The van der Waals surface area contributed by atoms with Gasteiger partial charge in [-0.25, -0.2) is 0 Å². The molecule has 0 aromatic heterocycles. The molecule has 0 aromatic carbocycles. The minimum absolute atomic E-state index is 0.0595. The van der Waals surface area contributed by atoms with E-state index in [9.17, 15) is 4.79 Å². The van der Waals surface area contributed by atoms with Gasteiger partial charge in [0.2, 0.25) is 5.91 Å². The van der Waals surface area contributed by atoms with Crippen LogP contribution in [0.1, 0.15) is 33.6 Å². The van der Waals surface area contributed by atoms with Crippen LogP contribution in [0, 0.1) is 5.92 Å². The van der Waals surface area contributed by atoms with Gasteiger partial charge in [0, 0.05) is 18.7 Å². The van der Waals surface area contributed by atoms with E-state index in [1.54, 1.807) is 0 Å². The molecule has 94 valence electrons. The molecule has 4 nitrogen and oxygen atoms in total. The summed E-state index contributed by atoms with van der Waals surface area (Å²) in [5.74, 6) is 0.625. The molecule has 1 heterocycles. The molecule has 1 rings (SSSR count). The molecule has 1 unspecified atom stereocenters. The second kappa shape index (κ2) is 6.21. The third-order valence-corrected chi connectivity index (χ3v) is 2.49. The van der Waals surface area contributed by atoms with Crippen LogP contribution in [0.3, 0.4) is 0 Å². The van der Waals surface area contributed by atoms with Crippen molar-refractivity contribution in [3.63, 3.8) is 0 Å². The van der Waals surface area contributed by atoms with Gasteiger partial charge < -0.3 is 15.4 Å². The highest BCUT2D eigenvalue weighted by Crippen LogP contribution is 2.11. The molecule has 1 aliphatic rings. The van der Waals surface area contributed by atoms with Gasteiger partial charge in [0.15, 0.2) is 0 Å². The molecule has 0 radical (unpaired) electrons. The Morgan fingerprint density at radius 1 is 1.44 bits per heavy atom. The van der Waals surface area contributed by atoms with Crippen LogP contribution in [0.5, 0.6) is 0 Å². The summed E-state index contributed by atoms with van der Waals surface area (Å²) in [5.41, 5.74) is -0.146. The Hall–Kier alpha value is -0.610. The zero-order valence-corrected chi connectivity index (χ0v) is 10.6. The topological polar surface area (TPSA) is 50.4 Å². The van der Waals surface area contributed by atoms with Crippen molar-refractivity contribution in [2.24, 2.45) is 5.92 Å². The summed E-state index contributed by atoms with van der Waals surface area (Å²) in [7, 11) is 0. The Bertz CT molecular complexity index is 218. The van der Waals surface area contributed by atoms with E-state index in [0.717, 1.165) is 26.2 Å². The number of amides is 1. The predicted molar refractivity (Wildman–Crippen MR) is 64.3 cm³/mol. The molecule has 2 N–H and O–H groups in total. The number of carbonyl (C=O) groups is 1. The summed E-state index contributed by atoms with van der Waals surface area (Å²) in [6, 6.07) is 0. The van der Waals surface area contributed by atoms with Crippen LogP contribution in [0.4, 0.5) is 0 Å². The molecule has 4 heteroatoms. The number of nitrogens with one attached hydrogen (secondary N) is 2. The van der Waals surface area contributed by atoms with Crippen LogP contribution in [0.25, 0.3) is 0 Å². The van der Waals surface area contributed by atoms with Gasteiger partial charge in [-0.15, -0.1) is 0 Å². The normalized spacial score (nSPS) is 21.8. The number of hydrogen-bond acceptors (Lipinski definition) is 3. The van der Waals surface area contributed by atoms with Crippen molar-refractivity contribution in [3.8, 4) is 0 Å². The summed E-state index contributed by atoms with van der Waals surface area (Å²) in [5, 5.41) is 6.11. The first-order valence-electron chi connectivity index (χ1n) is 6.07. The van der Waals surface area contributed by atoms with Crippen molar-refractivity contribution in [3.05, 3.63) is 0 Å². The van der Waals surface area contributed by atoms with E-state index in [1.807, 2.05) is 20.8 Å². The van der Waals surface area contributed by atoms with E-state index >= 15 is 0 Å². The second-order valence-electron chi connectivity index (χ2n) is 5.51. The summed E-state index contributed by atoms with van der Waals surface area (Å²) >= 11 is 0. The standard InChI is InChI=1S/C12H24N2O2/c1-12(2,3)14-11(15)8-13-7-10-5-4-6-16-9-10/h10,13H,4-9H2,1-3H3,(H,14,15). The summed E-state index contributed by atoms with van der Waals surface area (Å²) in [4.78, 5) is 11.5. The van der Waals surface area contributed by atoms with Crippen LogP contribution < -0.4 is 10.6 Å². The van der Waals surface area contributed by atoms with Crippen molar-refractivity contribution >= 4 is 5.91 Å². The van der Waals surface area contributed by atoms with Crippen LogP contribution in [-0.4, -0.2) is 37.7 Å². The maximum Gasteiger partial charge on any atom is 0.234 e. The molecule has 1 fully saturated rings. The van der Waals surface area contributed by atoms with Crippen LogP contribution in [-0.2, 0) is 9.53 Å². The number of hydrogen-bond donors (Lipinski definition) is 2. The van der Waals surface area contributed by atoms with Gasteiger partial charge >= 0.3 is 0 Å². The lowest BCUT2D eigenvalue weighted by atomic mass is 10.0. The first-order chi connectivity index (χ1) is 7.47. The SMILES string of the molecule is CC(C)(C)NC(=O)CNCC1CCCOC1. The highest BCUT2D eigenvalue weighted by Gasteiger charge is 2.15. The van der Waals surface area contributed by atoms with Crippen molar-refractivity contribution in [2.45, 2.75) is 39.2 Å². The molecule has 1 aliphatic heterocycles. The molecule has 1 amide bonds. The maximum atomic E-state index is 11.5. The molecule has 0 aliphatic carbocycles. The third kappa shape index (κ3) is 6.08.